The SMILES string of the molecule is N=C(CCl)c1ccccc1N. The first kappa shape index (κ1) is 8.08. The fraction of sp³-hybridized carbons (Fsp3) is 0.125. The molecule has 0 aliphatic rings. The molecule has 0 unspecified atom stereocenters. The van der Waals surface area contributed by atoms with Gasteiger partial charge in [0, 0.05) is 11.3 Å². The molecule has 3 N–H and O–H groups in total. The van der Waals surface area contributed by atoms with E-state index in [1.807, 2.05) is 12.1 Å². The maximum atomic E-state index is 7.41. The number of nitrogens with one attached hydrogen (secondary N) is 1. The molecule has 0 amide bonds. The summed E-state index contributed by atoms with van der Waals surface area (Å²) in [7, 11) is 0. The van der Waals surface area contributed by atoms with Crippen LogP contribution in [0.15, 0.2) is 24.3 Å². The number of alkyl halides is 1. The van der Waals surface area contributed by atoms with Crippen molar-refractivity contribution in [1.82, 2.24) is 0 Å². The Kier molecular flexibility index (Phi) is 2.49. The predicted octanol–water partition coefficient (Wildman–Crippen LogP) is 1.88. The van der Waals surface area contributed by atoms with Gasteiger partial charge in [-0.1, -0.05) is 18.2 Å². The van der Waals surface area contributed by atoms with E-state index in [1.165, 1.54) is 0 Å². The topological polar surface area (TPSA) is 49.9 Å². The van der Waals surface area contributed by atoms with Gasteiger partial charge in [0.25, 0.3) is 0 Å². The average Bonchev–Trinajstić information content (AvgIpc) is 2.04. The number of anilines is 1. The van der Waals surface area contributed by atoms with Crippen molar-refractivity contribution in [3.63, 3.8) is 0 Å². The number of hydrogen-bond acceptors (Lipinski definition) is 2. The van der Waals surface area contributed by atoms with Crippen LogP contribution in [-0.2, 0) is 0 Å². The monoisotopic (exact) mass is 168 g/mol. The molecule has 0 spiro atoms. The normalized spacial score (nSPS) is 9.55. The fourth-order valence-corrected chi connectivity index (χ4v) is 0.988. The van der Waals surface area contributed by atoms with E-state index in [0.29, 0.717) is 11.4 Å². The van der Waals surface area contributed by atoms with Gasteiger partial charge in [-0.05, 0) is 6.07 Å². The smallest absolute Gasteiger partial charge is 0.0647 e. The lowest BCUT2D eigenvalue weighted by molar-refractivity contribution is 1.46. The third kappa shape index (κ3) is 1.71. The molecule has 0 aromatic heterocycles. The number of halogens is 1. The van der Waals surface area contributed by atoms with Gasteiger partial charge in [0.15, 0.2) is 0 Å². The van der Waals surface area contributed by atoms with Crippen LogP contribution >= 0.6 is 11.6 Å². The zero-order chi connectivity index (χ0) is 8.27. The third-order valence-electron chi connectivity index (χ3n) is 1.42. The molecule has 3 heteroatoms. The molecule has 1 aromatic carbocycles. The third-order valence-corrected chi connectivity index (χ3v) is 1.69. The molecule has 0 bridgehead atoms. The molecule has 0 saturated carbocycles. The molecule has 0 aliphatic carbocycles. The molecular weight excluding hydrogens is 160 g/mol. The Morgan fingerprint density at radius 1 is 1.45 bits per heavy atom. The molecule has 0 atom stereocenters. The van der Waals surface area contributed by atoms with Crippen LogP contribution < -0.4 is 5.73 Å². The van der Waals surface area contributed by atoms with Gasteiger partial charge < -0.3 is 11.1 Å². The number of nitrogens with two attached hydrogens (primary N) is 1. The van der Waals surface area contributed by atoms with Crippen LogP contribution in [-0.4, -0.2) is 11.6 Å². The van der Waals surface area contributed by atoms with Gasteiger partial charge in [0.1, 0.15) is 0 Å². The van der Waals surface area contributed by atoms with Crippen molar-refractivity contribution >= 4 is 23.0 Å². The summed E-state index contributed by atoms with van der Waals surface area (Å²) in [5, 5.41) is 7.41. The lowest BCUT2D eigenvalue weighted by atomic mass is 10.1. The largest absolute Gasteiger partial charge is 0.398 e. The first-order valence-corrected chi connectivity index (χ1v) is 3.77. The van der Waals surface area contributed by atoms with Crippen molar-refractivity contribution in [2.45, 2.75) is 0 Å². The Labute approximate surface area is 70.5 Å². The van der Waals surface area contributed by atoms with E-state index in [9.17, 15) is 0 Å². The van der Waals surface area contributed by atoms with Crippen LogP contribution in [0.4, 0.5) is 5.69 Å². The summed E-state index contributed by atoms with van der Waals surface area (Å²) in [6.07, 6.45) is 0. The molecule has 0 aliphatic heterocycles. The second-order valence-electron chi connectivity index (χ2n) is 2.20. The van der Waals surface area contributed by atoms with E-state index in [-0.39, 0.29) is 5.88 Å². The maximum absolute atomic E-state index is 7.41. The standard InChI is InChI=1S/C8H9ClN2/c9-5-8(11)6-3-1-2-4-7(6)10/h1-4,11H,5,10H2. The summed E-state index contributed by atoms with van der Waals surface area (Å²) >= 11 is 5.48. The summed E-state index contributed by atoms with van der Waals surface area (Å²) in [4.78, 5) is 0. The van der Waals surface area contributed by atoms with E-state index in [2.05, 4.69) is 0 Å². The molecule has 1 rings (SSSR count). The van der Waals surface area contributed by atoms with Gasteiger partial charge in [-0.2, -0.15) is 0 Å². The second kappa shape index (κ2) is 3.39. The van der Waals surface area contributed by atoms with Crippen LogP contribution in [0.5, 0.6) is 0 Å². The van der Waals surface area contributed by atoms with Gasteiger partial charge in [-0.3, -0.25) is 0 Å². The van der Waals surface area contributed by atoms with Crippen LogP contribution in [0.3, 0.4) is 0 Å². The van der Waals surface area contributed by atoms with Crippen molar-refractivity contribution in [3.05, 3.63) is 29.8 Å². The molecule has 0 fully saturated rings. The number of para-hydroxylation sites is 1. The minimum atomic E-state index is 0.203. The van der Waals surface area contributed by atoms with Crippen LogP contribution in [0.25, 0.3) is 0 Å². The highest BCUT2D eigenvalue weighted by Crippen LogP contribution is 2.11. The van der Waals surface area contributed by atoms with E-state index in [0.717, 1.165) is 5.56 Å². The summed E-state index contributed by atoms with van der Waals surface area (Å²) in [6.45, 7) is 0. The summed E-state index contributed by atoms with van der Waals surface area (Å²) < 4.78 is 0. The highest BCUT2D eigenvalue weighted by atomic mass is 35.5. The van der Waals surface area contributed by atoms with E-state index in [1.54, 1.807) is 12.1 Å². The zero-order valence-electron chi connectivity index (χ0n) is 5.97. The Hall–Kier alpha value is -1.02. The lowest BCUT2D eigenvalue weighted by Gasteiger charge is -2.02. The summed E-state index contributed by atoms with van der Waals surface area (Å²) in [5.41, 5.74) is 7.30. The quantitative estimate of drug-likeness (QED) is 0.396. The minimum absolute atomic E-state index is 0.203. The molecule has 11 heavy (non-hydrogen) atoms. The van der Waals surface area contributed by atoms with Gasteiger partial charge in [-0.25, -0.2) is 0 Å². The molecular formula is C8H9ClN2. The highest BCUT2D eigenvalue weighted by Gasteiger charge is 2.01. The zero-order valence-corrected chi connectivity index (χ0v) is 6.73. The van der Waals surface area contributed by atoms with Crippen molar-refractivity contribution in [1.29, 1.82) is 5.41 Å². The minimum Gasteiger partial charge on any atom is -0.398 e. The van der Waals surface area contributed by atoms with E-state index < -0.39 is 0 Å². The summed E-state index contributed by atoms with van der Waals surface area (Å²) in [5.74, 6) is 0.203. The van der Waals surface area contributed by atoms with E-state index >= 15 is 0 Å². The second-order valence-corrected chi connectivity index (χ2v) is 2.47. The Bertz CT molecular complexity index is 271. The number of hydrogen-bond donors (Lipinski definition) is 2. The highest BCUT2D eigenvalue weighted by molar-refractivity contribution is 6.31. The first-order chi connectivity index (χ1) is 5.25. The Morgan fingerprint density at radius 3 is 2.64 bits per heavy atom. The lowest BCUT2D eigenvalue weighted by Crippen LogP contribution is -2.04. The number of benzene rings is 1. The molecule has 2 nitrogen and oxygen atoms in total. The molecule has 0 radical (unpaired) electrons. The van der Waals surface area contributed by atoms with Crippen molar-refractivity contribution in [3.8, 4) is 0 Å². The molecule has 1 aromatic rings. The first-order valence-electron chi connectivity index (χ1n) is 3.24. The van der Waals surface area contributed by atoms with Gasteiger partial charge in [-0.15, -0.1) is 11.6 Å². The Morgan fingerprint density at radius 2 is 2.09 bits per heavy atom. The fourth-order valence-electron chi connectivity index (χ4n) is 0.844. The van der Waals surface area contributed by atoms with Crippen molar-refractivity contribution < 1.29 is 0 Å². The van der Waals surface area contributed by atoms with Crippen LogP contribution in [0, 0.1) is 5.41 Å². The van der Waals surface area contributed by atoms with Crippen LogP contribution in [0.1, 0.15) is 5.56 Å². The molecule has 58 valence electrons. The van der Waals surface area contributed by atoms with Crippen molar-refractivity contribution in [2.75, 3.05) is 11.6 Å². The number of nitrogen functional groups attached to an aromatic ring is 1. The van der Waals surface area contributed by atoms with Crippen LogP contribution in [0.2, 0.25) is 0 Å². The van der Waals surface area contributed by atoms with Gasteiger partial charge >= 0.3 is 0 Å². The molecule has 0 heterocycles. The maximum Gasteiger partial charge on any atom is 0.0647 e. The van der Waals surface area contributed by atoms with E-state index in [4.69, 9.17) is 22.7 Å². The summed E-state index contributed by atoms with van der Waals surface area (Å²) in [6, 6.07) is 7.23. The van der Waals surface area contributed by atoms with Gasteiger partial charge in [0.2, 0.25) is 0 Å². The number of rotatable bonds is 2. The van der Waals surface area contributed by atoms with Crippen molar-refractivity contribution in [2.24, 2.45) is 0 Å². The molecule has 0 saturated heterocycles. The van der Waals surface area contributed by atoms with Gasteiger partial charge in [0.05, 0.1) is 11.6 Å². The average molecular weight is 169 g/mol. The Balaban J connectivity index is 3.03. The predicted molar refractivity (Wildman–Crippen MR) is 48.4 cm³/mol.